The molecule has 1 aromatic carbocycles. The number of nitrogens with zero attached hydrogens (tertiary/aromatic N) is 1. The predicted molar refractivity (Wildman–Crippen MR) is 73.2 cm³/mol. The zero-order valence-electron chi connectivity index (χ0n) is 10.4. The fourth-order valence-electron chi connectivity index (χ4n) is 1.84. The smallest absolute Gasteiger partial charge is 0.118 e. The van der Waals surface area contributed by atoms with Crippen molar-refractivity contribution in [3.05, 3.63) is 58.5 Å². The monoisotopic (exact) mass is 264 g/mol. The molecule has 0 fully saturated rings. The van der Waals surface area contributed by atoms with Crippen LogP contribution < -0.4 is 5.73 Å². The molecule has 0 unspecified atom stereocenters. The van der Waals surface area contributed by atoms with Crippen molar-refractivity contribution in [2.45, 2.75) is 19.6 Å². The molecule has 0 saturated carbocycles. The van der Waals surface area contributed by atoms with E-state index in [9.17, 15) is 0 Å². The van der Waals surface area contributed by atoms with E-state index in [-0.39, 0.29) is 0 Å². The standard InChI is InChI=1S/C14H17ClN2O/c1-17(9-11-2-4-12(15)5-3-11)10-14-7-6-13(8-16)18-14/h2-7H,8-10,16H2,1H3. The van der Waals surface area contributed by atoms with E-state index in [1.807, 2.05) is 36.4 Å². The minimum Gasteiger partial charge on any atom is -0.463 e. The van der Waals surface area contributed by atoms with Crippen LogP contribution in [0.25, 0.3) is 0 Å². The lowest BCUT2D eigenvalue weighted by Gasteiger charge is -2.15. The summed E-state index contributed by atoms with van der Waals surface area (Å²) in [6, 6.07) is 11.8. The van der Waals surface area contributed by atoms with E-state index in [4.69, 9.17) is 21.8 Å². The third-order valence-corrected chi connectivity index (χ3v) is 2.96. The van der Waals surface area contributed by atoms with Gasteiger partial charge in [-0.15, -0.1) is 0 Å². The zero-order valence-corrected chi connectivity index (χ0v) is 11.2. The van der Waals surface area contributed by atoms with Gasteiger partial charge in [0.25, 0.3) is 0 Å². The Morgan fingerprint density at radius 1 is 1.06 bits per heavy atom. The average molecular weight is 265 g/mol. The number of benzene rings is 1. The summed E-state index contributed by atoms with van der Waals surface area (Å²) in [6.45, 7) is 2.07. The molecule has 2 aromatic rings. The molecule has 2 rings (SSSR count). The van der Waals surface area contributed by atoms with Crippen LogP contribution in [-0.4, -0.2) is 11.9 Å². The molecular formula is C14H17ClN2O. The van der Waals surface area contributed by atoms with Crippen molar-refractivity contribution in [2.75, 3.05) is 7.05 Å². The minimum absolute atomic E-state index is 0.445. The van der Waals surface area contributed by atoms with Crippen molar-refractivity contribution in [2.24, 2.45) is 5.73 Å². The summed E-state index contributed by atoms with van der Waals surface area (Å²) in [5.74, 6) is 1.76. The second-order valence-electron chi connectivity index (χ2n) is 4.37. The van der Waals surface area contributed by atoms with E-state index in [1.54, 1.807) is 0 Å². The molecule has 0 bridgehead atoms. The summed E-state index contributed by atoms with van der Waals surface area (Å²) in [5.41, 5.74) is 6.74. The van der Waals surface area contributed by atoms with Gasteiger partial charge in [-0.25, -0.2) is 0 Å². The molecule has 0 atom stereocenters. The maximum Gasteiger partial charge on any atom is 0.118 e. The molecule has 3 nitrogen and oxygen atoms in total. The first-order chi connectivity index (χ1) is 8.67. The van der Waals surface area contributed by atoms with E-state index < -0.39 is 0 Å². The minimum atomic E-state index is 0.445. The van der Waals surface area contributed by atoms with Crippen LogP contribution in [0.15, 0.2) is 40.8 Å². The Hall–Kier alpha value is -1.29. The van der Waals surface area contributed by atoms with Gasteiger partial charge in [0.15, 0.2) is 0 Å². The SMILES string of the molecule is CN(Cc1ccc(Cl)cc1)Cc1ccc(CN)o1. The first-order valence-electron chi connectivity index (χ1n) is 5.88. The lowest BCUT2D eigenvalue weighted by atomic mass is 10.2. The Kier molecular flexibility index (Phi) is 4.42. The Morgan fingerprint density at radius 3 is 2.33 bits per heavy atom. The molecule has 0 aliphatic heterocycles. The zero-order chi connectivity index (χ0) is 13.0. The molecule has 18 heavy (non-hydrogen) atoms. The maximum atomic E-state index is 5.86. The van der Waals surface area contributed by atoms with E-state index in [1.165, 1.54) is 5.56 Å². The number of furan rings is 1. The Bertz CT molecular complexity index is 493. The quantitative estimate of drug-likeness (QED) is 0.903. The maximum absolute atomic E-state index is 5.86. The fourth-order valence-corrected chi connectivity index (χ4v) is 1.97. The molecular weight excluding hydrogens is 248 g/mol. The number of hydrogen-bond acceptors (Lipinski definition) is 3. The van der Waals surface area contributed by atoms with Gasteiger partial charge in [-0.05, 0) is 36.9 Å². The van der Waals surface area contributed by atoms with E-state index in [0.717, 1.165) is 29.6 Å². The second-order valence-corrected chi connectivity index (χ2v) is 4.81. The fraction of sp³-hybridized carbons (Fsp3) is 0.286. The molecule has 0 radical (unpaired) electrons. The summed E-state index contributed by atoms with van der Waals surface area (Å²) in [7, 11) is 2.05. The van der Waals surface area contributed by atoms with Gasteiger partial charge in [0.2, 0.25) is 0 Å². The van der Waals surface area contributed by atoms with Crippen LogP contribution in [0.4, 0.5) is 0 Å². The summed E-state index contributed by atoms with van der Waals surface area (Å²) in [4.78, 5) is 2.18. The normalized spacial score (nSPS) is 11.1. The summed E-state index contributed by atoms with van der Waals surface area (Å²) in [5, 5.41) is 0.764. The Labute approximate surface area is 112 Å². The van der Waals surface area contributed by atoms with Crippen molar-refractivity contribution in [3.8, 4) is 0 Å². The van der Waals surface area contributed by atoms with Crippen LogP contribution in [0.1, 0.15) is 17.1 Å². The van der Waals surface area contributed by atoms with Crippen molar-refractivity contribution in [1.29, 1.82) is 0 Å². The van der Waals surface area contributed by atoms with E-state index >= 15 is 0 Å². The number of halogens is 1. The van der Waals surface area contributed by atoms with Gasteiger partial charge in [0, 0.05) is 11.6 Å². The van der Waals surface area contributed by atoms with Gasteiger partial charge in [-0.1, -0.05) is 23.7 Å². The lowest BCUT2D eigenvalue weighted by Crippen LogP contribution is -2.16. The van der Waals surface area contributed by atoms with Crippen LogP contribution in [0.5, 0.6) is 0 Å². The van der Waals surface area contributed by atoms with Gasteiger partial charge in [-0.2, -0.15) is 0 Å². The first kappa shape index (κ1) is 13.1. The van der Waals surface area contributed by atoms with E-state index in [2.05, 4.69) is 11.9 Å². The van der Waals surface area contributed by atoms with Crippen LogP contribution in [0.2, 0.25) is 5.02 Å². The highest BCUT2D eigenvalue weighted by Crippen LogP contribution is 2.13. The molecule has 4 heteroatoms. The molecule has 96 valence electrons. The van der Waals surface area contributed by atoms with Crippen LogP contribution in [0.3, 0.4) is 0 Å². The lowest BCUT2D eigenvalue weighted by molar-refractivity contribution is 0.284. The Balaban J connectivity index is 1.91. The largest absolute Gasteiger partial charge is 0.463 e. The Morgan fingerprint density at radius 2 is 1.72 bits per heavy atom. The summed E-state index contributed by atoms with van der Waals surface area (Å²) < 4.78 is 5.57. The molecule has 0 amide bonds. The van der Waals surface area contributed by atoms with Gasteiger partial charge in [0.1, 0.15) is 11.5 Å². The molecule has 0 aliphatic rings. The highest BCUT2D eigenvalue weighted by molar-refractivity contribution is 6.30. The van der Waals surface area contributed by atoms with Crippen molar-refractivity contribution in [3.63, 3.8) is 0 Å². The third kappa shape index (κ3) is 3.60. The molecule has 0 saturated heterocycles. The third-order valence-electron chi connectivity index (χ3n) is 2.71. The van der Waals surface area contributed by atoms with Gasteiger partial charge < -0.3 is 10.2 Å². The molecule has 1 aromatic heterocycles. The van der Waals surface area contributed by atoms with Gasteiger partial charge >= 0.3 is 0 Å². The van der Waals surface area contributed by atoms with Crippen LogP contribution in [0, 0.1) is 0 Å². The summed E-state index contributed by atoms with van der Waals surface area (Å²) in [6.07, 6.45) is 0. The second kappa shape index (κ2) is 6.05. The molecule has 1 heterocycles. The highest BCUT2D eigenvalue weighted by atomic mass is 35.5. The van der Waals surface area contributed by atoms with E-state index in [0.29, 0.717) is 6.54 Å². The topological polar surface area (TPSA) is 42.4 Å². The molecule has 2 N–H and O–H groups in total. The average Bonchev–Trinajstić information content (AvgIpc) is 2.79. The number of rotatable bonds is 5. The first-order valence-corrected chi connectivity index (χ1v) is 6.26. The summed E-state index contributed by atoms with van der Waals surface area (Å²) >= 11 is 5.86. The van der Waals surface area contributed by atoms with Gasteiger partial charge in [0.05, 0.1) is 13.1 Å². The number of nitrogens with two attached hydrogens (primary N) is 1. The van der Waals surface area contributed by atoms with Crippen LogP contribution >= 0.6 is 11.6 Å². The van der Waals surface area contributed by atoms with Crippen molar-refractivity contribution >= 4 is 11.6 Å². The van der Waals surface area contributed by atoms with Crippen molar-refractivity contribution < 1.29 is 4.42 Å². The molecule has 0 spiro atoms. The molecule has 0 aliphatic carbocycles. The van der Waals surface area contributed by atoms with Gasteiger partial charge in [-0.3, -0.25) is 4.90 Å². The number of hydrogen-bond donors (Lipinski definition) is 1. The van der Waals surface area contributed by atoms with Crippen LogP contribution in [-0.2, 0) is 19.6 Å². The highest BCUT2D eigenvalue weighted by Gasteiger charge is 2.05. The predicted octanol–water partition coefficient (Wildman–Crippen LogP) is 3.02. The van der Waals surface area contributed by atoms with Crippen molar-refractivity contribution in [1.82, 2.24) is 4.90 Å².